The summed E-state index contributed by atoms with van der Waals surface area (Å²) in [5, 5.41) is 3.02. The van der Waals surface area contributed by atoms with E-state index in [0.29, 0.717) is 0 Å². The predicted molar refractivity (Wildman–Crippen MR) is 71.7 cm³/mol. The first-order valence-corrected chi connectivity index (χ1v) is 6.64. The molecule has 19 heavy (non-hydrogen) atoms. The highest BCUT2D eigenvalue weighted by molar-refractivity contribution is 9.09. The predicted octanol–water partition coefficient (Wildman–Crippen LogP) is 0.864. The maximum Gasteiger partial charge on any atom is 0.408 e. The zero-order valence-corrected chi connectivity index (χ0v) is 13.2. The first-order chi connectivity index (χ1) is 8.62. The van der Waals surface area contributed by atoms with Crippen molar-refractivity contribution >= 4 is 33.7 Å². The van der Waals surface area contributed by atoms with Crippen LogP contribution in [0.5, 0.6) is 0 Å². The van der Waals surface area contributed by atoms with Gasteiger partial charge in [0, 0.05) is 7.05 Å². The van der Waals surface area contributed by atoms with Crippen molar-refractivity contribution in [3.63, 3.8) is 0 Å². The first kappa shape index (κ1) is 17.8. The minimum absolute atomic E-state index is 0.0727. The molecule has 0 aromatic heterocycles. The maximum atomic E-state index is 11.9. The Morgan fingerprint density at radius 3 is 2.21 bits per heavy atom. The van der Waals surface area contributed by atoms with Gasteiger partial charge in [0.05, 0.1) is 12.4 Å². The second-order valence-corrected chi connectivity index (χ2v) is 5.26. The van der Waals surface area contributed by atoms with Crippen LogP contribution in [0.4, 0.5) is 4.79 Å². The minimum atomic E-state index is -1.35. The molecule has 0 fully saturated rings. The Balaban J connectivity index is 4.84. The number of nitrogens with one attached hydrogen (secondary N) is 1. The Kier molecular flexibility index (Phi) is 6.99. The molecule has 0 bridgehead atoms. The lowest BCUT2D eigenvalue weighted by Crippen LogP contribution is -2.53. The summed E-state index contributed by atoms with van der Waals surface area (Å²) >= 11 is 2.95. The number of carbonyl (C=O) groups is 3. The van der Waals surface area contributed by atoms with Crippen LogP contribution < -0.4 is 5.32 Å². The lowest BCUT2D eigenvalue weighted by Gasteiger charge is -2.24. The highest BCUT2D eigenvalue weighted by atomic mass is 79.9. The van der Waals surface area contributed by atoms with Gasteiger partial charge in [-0.15, -0.1) is 0 Å². The third kappa shape index (κ3) is 6.53. The van der Waals surface area contributed by atoms with Crippen molar-refractivity contribution in [2.24, 2.45) is 0 Å². The SMILES string of the molecule is CON(C)C(=O)C(NC(=O)OC(C)(C)C)C(=O)CBr. The van der Waals surface area contributed by atoms with Crippen LogP contribution in [0, 0.1) is 0 Å². The summed E-state index contributed by atoms with van der Waals surface area (Å²) in [6, 6.07) is -1.35. The number of hydrogen-bond acceptors (Lipinski definition) is 5. The second-order valence-electron chi connectivity index (χ2n) is 4.70. The van der Waals surface area contributed by atoms with E-state index >= 15 is 0 Å². The van der Waals surface area contributed by atoms with Crippen molar-refractivity contribution in [3.8, 4) is 0 Å². The molecule has 1 atom stereocenters. The quantitative estimate of drug-likeness (QED) is 0.456. The number of nitrogens with zero attached hydrogens (tertiary/aromatic N) is 1. The van der Waals surface area contributed by atoms with Gasteiger partial charge >= 0.3 is 6.09 Å². The van der Waals surface area contributed by atoms with E-state index in [1.807, 2.05) is 0 Å². The van der Waals surface area contributed by atoms with Crippen LogP contribution in [0.3, 0.4) is 0 Å². The number of Topliss-reactive ketones (excluding diaryl/α,β-unsaturated/α-hetero) is 1. The van der Waals surface area contributed by atoms with Crippen LogP contribution in [-0.4, -0.2) is 54.0 Å². The molecule has 110 valence electrons. The van der Waals surface area contributed by atoms with E-state index in [-0.39, 0.29) is 5.33 Å². The highest BCUT2D eigenvalue weighted by Gasteiger charge is 2.31. The third-order valence-electron chi connectivity index (χ3n) is 1.95. The standard InChI is InChI=1S/C11H19BrN2O5/c1-11(2,3)19-10(17)13-8(7(15)6-12)9(16)14(4)18-5/h8H,6H2,1-5H3,(H,13,17). The van der Waals surface area contributed by atoms with Gasteiger partial charge in [0.15, 0.2) is 11.8 Å². The van der Waals surface area contributed by atoms with E-state index in [1.54, 1.807) is 20.8 Å². The molecule has 0 heterocycles. The Morgan fingerprint density at radius 1 is 1.32 bits per heavy atom. The number of amides is 2. The Labute approximate surface area is 120 Å². The summed E-state index contributed by atoms with van der Waals surface area (Å²) < 4.78 is 5.00. The van der Waals surface area contributed by atoms with Gasteiger partial charge in [-0.2, -0.15) is 0 Å². The van der Waals surface area contributed by atoms with Gasteiger partial charge in [-0.25, -0.2) is 9.86 Å². The summed E-state index contributed by atoms with van der Waals surface area (Å²) in [6.07, 6.45) is -0.843. The van der Waals surface area contributed by atoms with Crippen LogP contribution in [0.25, 0.3) is 0 Å². The minimum Gasteiger partial charge on any atom is -0.444 e. The molecule has 0 aliphatic rings. The van der Waals surface area contributed by atoms with E-state index < -0.39 is 29.4 Å². The maximum absolute atomic E-state index is 11.9. The monoisotopic (exact) mass is 338 g/mol. The molecule has 0 aliphatic heterocycles. The number of rotatable bonds is 5. The van der Waals surface area contributed by atoms with Crippen molar-refractivity contribution in [1.82, 2.24) is 10.4 Å². The van der Waals surface area contributed by atoms with Crippen molar-refractivity contribution < 1.29 is 24.0 Å². The average molecular weight is 339 g/mol. The number of hydrogen-bond donors (Lipinski definition) is 1. The lowest BCUT2D eigenvalue weighted by molar-refractivity contribution is -0.171. The average Bonchev–Trinajstić information content (AvgIpc) is 2.30. The van der Waals surface area contributed by atoms with Crippen LogP contribution >= 0.6 is 15.9 Å². The van der Waals surface area contributed by atoms with Gasteiger partial charge in [-0.3, -0.25) is 14.4 Å². The van der Waals surface area contributed by atoms with Crippen LogP contribution in [0.2, 0.25) is 0 Å². The first-order valence-electron chi connectivity index (χ1n) is 5.52. The van der Waals surface area contributed by atoms with Crippen LogP contribution in [0.15, 0.2) is 0 Å². The smallest absolute Gasteiger partial charge is 0.408 e. The van der Waals surface area contributed by atoms with Gasteiger partial charge in [0.2, 0.25) is 0 Å². The van der Waals surface area contributed by atoms with E-state index in [1.165, 1.54) is 14.2 Å². The molecule has 0 aromatic carbocycles. The Morgan fingerprint density at radius 2 is 1.84 bits per heavy atom. The van der Waals surface area contributed by atoms with E-state index in [2.05, 4.69) is 21.2 Å². The van der Waals surface area contributed by atoms with Crippen molar-refractivity contribution in [2.45, 2.75) is 32.4 Å². The third-order valence-corrected chi connectivity index (χ3v) is 2.50. The van der Waals surface area contributed by atoms with Crippen LogP contribution in [-0.2, 0) is 19.2 Å². The molecular formula is C11H19BrN2O5. The van der Waals surface area contributed by atoms with Gasteiger partial charge in [0.1, 0.15) is 5.60 Å². The summed E-state index contributed by atoms with van der Waals surface area (Å²) in [4.78, 5) is 39.8. The lowest BCUT2D eigenvalue weighted by atomic mass is 10.2. The van der Waals surface area contributed by atoms with Crippen molar-refractivity contribution in [2.75, 3.05) is 19.5 Å². The summed E-state index contributed by atoms with van der Waals surface area (Å²) in [7, 11) is 2.62. The highest BCUT2D eigenvalue weighted by Crippen LogP contribution is 2.07. The van der Waals surface area contributed by atoms with Gasteiger partial charge in [-0.1, -0.05) is 15.9 Å². The Bertz CT molecular complexity index is 353. The Hall–Kier alpha value is -1.15. The molecule has 0 rings (SSSR count). The van der Waals surface area contributed by atoms with E-state index in [0.717, 1.165) is 5.06 Å². The molecule has 1 unspecified atom stereocenters. The molecule has 0 saturated heterocycles. The summed E-state index contributed by atoms with van der Waals surface area (Å²) in [6.45, 7) is 5.03. The topological polar surface area (TPSA) is 84.9 Å². The molecule has 0 aromatic rings. The molecule has 0 saturated carbocycles. The van der Waals surface area contributed by atoms with Crippen molar-refractivity contribution in [1.29, 1.82) is 0 Å². The van der Waals surface area contributed by atoms with Gasteiger partial charge in [-0.05, 0) is 20.8 Å². The molecule has 0 radical (unpaired) electrons. The van der Waals surface area contributed by atoms with Crippen LogP contribution in [0.1, 0.15) is 20.8 Å². The fourth-order valence-corrected chi connectivity index (χ4v) is 1.38. The number of ketones is 1. The fraction of sp³-hybridized carbons (Fsp3) is 0.727. The van der Waals surface area contributed by atoms with Gasteiger partial charge in [0.25, 0.3) is 5.91 Å². The van der Waals surface area contributed by atoms with Crippen molar-refractivity contribution in [3.05, 3.63) is 0 Å². The number of alkyl carbamates (subject to hydrolysis) is 1. The summed E-state index contributed by atoms with van der Waals surface area (Å²) in [5.41, 5.74) is -0.720. The summed E-state index contributed by atoms with van der Waals surface area (Å²) in [5.74, 6) is -1.18. The van der Waals surface area contributed by atoms with Gasteiger partial charge < -0.3 is 10.1 Å². The molecule has 7 nitrogen and oxygen atoms in total. The number of alkyl halides is 1. The molecule has 8 heteroatoms. The molecule has 0 spiro atoms. The number of halogens is 1. The number of carbonyl (C=O) groups excluding carboxylic acids is 3. The number of ether oxygens (including phenoxy) is 1. The normalized spacial score (nSPS) is 12.5. The molecule has 2 amide bonds. The zero-order chi connectivity index (χ0) is 15.2. The molecule has 0 aliphatic carbocycles. The molecule has 1 N–H and O–H groups in total. The number of likely N-dealkylation sites (N-methyl/N-ethyl adjacent to an activating group) is 1. The number of hydroxylamine groups is 2. The second kappa shape index (κ2) is 7.44. The molecular weight excluding hydrogens is 320 g/mol. The largest absolute Gasteiger partial charge is 0.444 e. The zero-order valence-electron chi connectivity index (χ0n) is 11.7. The van der Waals surface area contributed by atoms with E-state index in [9.17, 15) is 14.4 Å². The van der Waals surface area contributed by atoms with E-state index in [4.69, 9.17) is 9.57 Å². The fourth-order valence-electron chi connectivity index (χ4n) is 1.05.